The van der Waals surface area contributed by atoms with Crippen LogP contribution < -0.4 is 0 Å². The van der Waals surface area contributed by atoms with Gasteiger partial charge < -0.3 is 4.74 Å². The molecule has 0 fully saturated rings. The van der Waals surface area contributed by atoms with Gasteiger partial charge in [-0.2, -0.15) is 0 Å². The molecule has 5 nitrogen and oxygen atoms in total. The van der Waals surface area contributed by atoms with Crippen molar-refractivity contribution < 1.29 is 9.53 Å². The van der Waals surface area contributed by atoms with Crippen LogP contribution in [0.4, 0.5) is 0 Å². The van der Waals surface area contributed by atoms with E-state index in [1.165, 1.54) is 0 Å². The van der Waals surface area contributed by atoms with Gasteiger partial charge in [0.1, 0.15) is 11.8 Å². The molecule has 1 heterocycles. The Bertz CT molecular complexity index is 860. The Labute approximate surface area is 154 Å². The van der Waals surface area contributed by atoms with Crippen molar-refractivity contribution in [1.29, 1.82) is 0 Å². The minimum Gasteiger partial charge on any atom is -0.457 e. The van der Waals surface area contributed by atoms with Crippen LogP contribution in [0.15, 0.2) is 59.1 Å². The van der Waals surface area contributed by atoms with Crippen LogP contribution in [0.2, 0.25) is 0 Å². The second-order valence-electron chi connectivity index (χ2n) is 5.73. The smallest absolute Gasteiger partial charge is 0.312 e. The van der Waals surface area contributed by atoms with Crippen LogP contribution in [0.1, 0.15) is 24.3 Å². The first-order valence-corrected chi connectivity index (χ1v) is 8.73. The van der Waals surface area contributed by atoms with Crippen molar-refractivity contribution in [1.82, 2.24) is 15.0 Å². The number of rotatable bonds is 5. The maximum absolute atomic E-state index is 12.4. The largest absolute Gasteiger partial charge is 0.457 e. The SMILES string of the molecule is C[C@@H](OC(=O)Cc1c(-c2ccc(Br)cc2)nnn1C)c1ccccc1. The molecule has 0 aliphatic heterocycles. The van der Waals surface area contributed by atoms with Gasteiger partial charge >= 0.3 is 5.97 Å². The first-order valence-electron chi connectivity index (χ1n) is 7.93. The van der Waals surface area contributed by atoms with Crippen molar-refractivity contribution in [2.24, 2.45) is 7.05 Å². The molecule has 0 spiro atoms. The summed E-state index contributed by atoms with van der Waals surface area (Å²) in [5.41, 5.74) is 3.30. The third-order valence-electron chi connectivity index (χ3n) is 3.95. The highest BCUT2D eigenvalue weighted by Gasteiger charge is 2.19. The van der Waals surface area contributed by atoms with Gasteiger partial charge in [-0.15, -0.1) is 5.10 Å². The molecular formula is C19H18BrN3O2. The fraction of sp³-hybridized carbons (Fsp3) is 0.211. The van der Waals surface area contributed by atoms with Crippen LogP contribution in [-0.4, -0.2) is 21.0 Å². The Hall–Kier alpha value is -2.47. The van der Waals surface area contributed by atoms with Crippen molar-refractivity contribution in [2.75, 3.05) is 0 Å². The van der Waals surface area contributed by atoms with Crippen LogP contribution in [0.25, 0.3) is 11.3 Å². The van der Waals surface area contributed by atoms with E-state index in [1.807, 2.05) is 61.5 Å². The topological polar surface area (TPSA) is 57.0 Å². The number of hydrogen-bond acceptors (Lipinski definition) is 4. The van der Waals surface area contributed by atoms with Crippen LogP contribution >= 0.6 is 15.9 Å². The monoisotopic (exact) mass is 399 g/mol. The molecule has 0 aliphatic carbocycles. The molecule has 3 aromatic rings. The molecule has 1 aromatic heterocycles. The quantitative estimate of drug-likeness (QED) is 0.606. The molecule has 0 unspecified atom stereocenters. The molecule has 3 rings (SSSR count). The number of aryl methyl sites for hydroxylation is 1. The van der Waals surface area contributed by atoms with Gasteiger partial charge in [-0.1, -0.05) is 63.6 Å². The van der Waals surface area contributed by atoms with E-state index in [-0.39, 0.29) is 18.5 Å². The second kappa shape index (κ2) is 7.61. The van der Waals surface area contributed by atoms with Crippen molar-refractivity contribution in [3.8, 4) is 11.3 Å². The summed E-state index contributed by atoms with van der Waals surface area (Å²) in [7, 11) is 1.78. The molecule has 0 N–H and O–H groups in total. The van der Waals surface area contributed by atoms with Crippen molar-refractivity contribution in [3.63, 3.8) is 0 Å². The number of carbonyl (C=O) groups is 1. The fourth-order valence-corrected chi connectivity index (χ4v) is 2.84. The molecular weight excluding hydrogens is 382 g/mol. The Morgan fingerprint density at radius 2 is 1.84 bits per heavy atom. The number of aromatic nitrogens is 3. The van der Waals surface area contributed by atoms with Crippen LogP contribution in [0, 0.1) is 0 Å². The van der Waals surface area contributed by atoms with Gasteiger partial charge in [0.05, 0.1) is 12.1 Å². The molecule has 0 saturated carbocycles. The highest BCUT2D eigenvalue weighted by molar-refractivity contribution is 9.10. The average molecular weight is 400 g/mol. The molecule has 0 saturated heterocycles. The molecule has 0 radical (unpaired) electrons. The number of hydrogen-bond donors (Lipinski definition) is 0. The van der Waals surface area contributed by atoms with E-state index in [0.717, 1.165) is 21.3 Å². The Morgan fingerprint density at radius 1 is 1.16 bits per heavy atom. The fourth-order valence-electron chi connectivity index (χ4n) is 2.57. The molecule has 0 aliphatic rings. The highest BCUT2D eigenvalue weighted by atomic mass is 79.9. The summed E-state index contributed by atoms with van der Waals surface area (Å²) in [6.07, 6.45) is -0.183. The van der Waals surface area contributed by atoms with Crippen LogP contribution in [0.5, 0.6) is 0 Å². The van der Waals surface area contributed by atoms with E-state index in [4.69, 9.17) is 4.74 Å². The lowest BCUT2D eigenvalue weighted by Crippen LogP contribution is -2.14. The molecule has 2 aromatic carbocycles. The highest BCUT2D eigenvalue weighted by Crippen LogP contribution is 2.24. The van der Waals surface area contributed by atoms with Gasteiger partial charge in [-0.25, -0.2) is 0 Å². The summed E-state index contributed by atoms with van der Waals surface area (Å²) < 4.78 is 8.16. The van der Waals surface area contributed by atoms with Crippen molar-refractivity contribution in [3.05, 3.63) is 70.3 Å². The van der Waals surface area contributed by atoms with Crippen molar-refractivity contribution in [2.45, 2.75) is 19.4 Å². The zero-order valence-electron chi connectivity index (χ0n) is 14.0. The molecule has 25 heavy (non-hydrogen) atoms. The van der Waals surface area contributed by atoms with Crippen LogP contribution in [0.3, 0.4) is 0 Å². The van der Waals surface area contributed by atoms with E-state index < -0.39 is 0 Å². The first kappa shape index (κ1) is 17.4. The minimum atomic E-state index is -0.305. The zero-order valence-corrected chi connectivity index (χ0v) is 15.6. The molecule has 128 valence electrons. The average Bonchev–Trinajstić information content (AvgIpc) is 2.97. The number of esters is 1. The molecule has 6 heteroatoms. The minimum absolute atomic E-state index is 0.117. The third kappa shape index (κ3) is 4.14. The normalized spacial score (nSPS) is 12.0. The number of halogens is 1. The van der Waals surface area contributed by atoms with E-state index in [2.05, 4.69) is 26.2 Å². The van der Waals surface area contributed by atoms with Crippen LogP contribution in [-0.2, 0) is 23.0 Å². The maximum atomic E-state index is 12.4. The summed E-state index contributed by atoms with van der Waals surface area (Å²) in [6, 6.07) is 17.4. The summed E-state index contributed by atoms with van der Waals surface area (Å²) in [4.78, 5) is 12.4. The maximum Gasteiger partial charge on any atom is 0.312 e. The number of benzene rings is 2. The van der Waals surface area contributed by atoms with Crippen molar-refractivity contribution >= 4 is 21.9 Å². The lowest BCUT2D eigenvalue weighted by Gasteiger charge is -2.14. The van der Waals surface area contributed by atoms with Gasteiger partial charge in [0.25, 0.3) is 0 Å². The Kier molecular flexibility index (Phi) is 5.28. The predicted octanol–water partition coefficient (Wildman–Crippen LogP) is 4.09. The number of carbonyl (C=O) groups excluding carboxylic acids is 1. The van der Waals surface area contributed by atoms with Gasteiger partial charge in [-0.05, 0) is 24.6 Å². The lowest BCUT2D eigenvalue weighted by molar-refractivity contribution is -0.147. The second-order valence-corrected chi connectivity index (χ2v) is 6.65. The molecule has 0 amide bonds. The summed E-state index contributed by atoms with van der Waals surface area (Å²) in [5, 5.41) is 8.25. The van der Waals surface area contributed by atoms with E-state index >= 15 is 0 Å². The predicted molar refractivity (Wildman–Crippen MR) is 98.8 cm³/mol. The Balaban J connectivity index is 1.75. The summed E-state index contributed by atoms with van der Waals surface area (Å²) in [5.74, 6) is -0.305. The van der Waals surface area contributed by atoms with Gasteiger partial charge in [0, 0.05) is 17.1 Å². The first-order chi connectivity index (χ1) is 12.0. The number of ether oxygens (including phenoxy) is 1. The summed E-state index contributed by atoms with van der Waals surface area (Å²) in [6.45, 7) is 1.87. The molecule has 0 bridgehead atoms. The third-order valence-corrected chi connectivity index (χ3v) is 4.48. The van der Waals surface area contributed by atoms with Gasteiger partial charge in [0.2, 0.25) is 0 Å². The standard InChI is InChI=1S/C19H18BrN3O2/c1-13(14-6-4-3-5-7-14)25-18(24)12-17-19(21-22-23(17)2)15-8-10-16(20)11-9-15/h3-11,13H,12H2,1-2H3/t13-/m1/s1. The Morgan fingerprint density at radius 3 is 2.52 bits per heavy atom. The van der Waals surface area contributed by atoms with Gasteiger partial charge in [0.15, 0.2) is 0 Å². The zero-order chi connectivity index (χ0) is 17.8. The van der Waals surface area contributed by atoms with E-state index in [0.29, 0.717) is 5.69 Å². The lowest BCUT2D eigenvalue weighted by atomic mass is 10.1. The van der Waals surface area contributed by atoms with E-state index in [1.54, 1.807) is 11.7 Å². The number of nitrogens with zero attached hydrogens (tertiary/aromatic N) is 3. The van der Waals surface area contributed by atoms with E-state index in [9.17, 15) is 4.79 Å². The molecule has 1 atom stereocenters. The summed E-state index contributed by atoms with van der Waals surface area (Å²) >= 11 is 3.42. The van der Waals surface area contributed by atoms with Gasteiger partial charge in [-0.3, -0.25) is 9.48 Å².